The number of rotatable bonds is 2. The number of aromatic amines is 1. The first-order chi connectivity index (χ1) is 9.16. The van der Waals surface area contributed by atoms with Crippen molar-refractivity contribution in [3.63, 3.8) is 0 Å². The molecule has 0 amide bonds. The molecule has 0 saturated carbocycles. The molecule has 6 nitrogen and oxygen atoms in total. The second-order valence-corrected chi connectivity index (χ2v) is 4.62. The van der Waals surface area contributed by atoms with E-state index in [0.717, 1.165) is 11.3 Å². The molecule has 0 aliphatic heterocycles. The van der Waals surface area contributed by atoms with Crippen molar-refractivity contribution in [3.8, 4) is 11.4 Å². The molecule has 19 heavy (non-hydrogen) atoms. The third-order valence-electron chi connectivity index (χ3n) is 2.95. The van der Waals surface area contributed by atoms with Gasteiger partial charge in [0.1, 0.15) is 5.82 Å². The molecule has 3 aromatic heterocycles. The van der Waals surface area contributed by atoms with E-state index in [-0.39, 0.29) is 11.6 Å². The van der Waals surface area contributed by atoms with Crippen LogP contribution in [0.5, 0.6) is 0 Å². The zero-order valence-electron chi connectivity index (χ0n) is 10.7. The number of aromatic nitrogens is 5. The lowest BCUT2D eigenvalue weighted by Crippen LogP contribution is -2.14. The normalized spacial score (nSPS) is 11.3. The summed E-state index contributed by atoms with van der Waals surface area (Å²) in [7, 11) is 0. The van der Waals surface area contributed by atoms with E-state index < -0.39 is 0 Å². The van der Waals surface area contributed by atoms with E-state index in [2.05, 4.69) is 34.0 Å². The van der Waals surface area contributed by atoms with E-state index in [0.29, 0.717) is 11.5 Å². The Morgan fingerprint density at radius 2 is 2.00 bits per heavy atom. The van der Waals surface area contributed by atoms with Gasteiger partial charge < -0.3 is 0 Å². The van der Waals surface area contributed by atoms with E-state index in [4.69, 9.17) is 0 Å². The molecule has 3 aromatic rings. The van der Waals surface area contributed by atoms with E-state index in [1.54, 1.807) is 12.4 Å². The molecule has 0 aromatic carbocycles. The lowest BCUT2D eigenvalue weighted by Gasteiger charge is -2.09. The first-order valence-corrected chi connectivity index (χ1v) is 6.05. The van der Waals surface area contributed by atoms with Crippen LogP contribution >= 0.6 is 0 Å². The molecule has 0 fully saturated rings. The van der Waals surface area contributed by atoms with Crippen molar-refractivity contribution in [3.05, 3.63) is 46.8 Å². The molecule has 0 saturated heterocycles. The Balaban J connectivity index is 2.38. The van der Waals surface area contributed by atoms with Gasteiger partial charge in [0.25, 0.3) is 0 Å². The van der Waals surface area contributed by atoms with Crippen LogP contribution in [-0.2, 0) is 0 Å². The Bertz CT molecular complexity index is 773. The second-order valence-electron chi connectivity index (χ2n) is 4.62. The molecule has 0 bridgehead atoms. The van der Waals surface area contributed by atoms with Crippen LogP contribution in [0.4, 0.5) is 0 Å². The highest BCUT2D eigenvalue weighted by Gasteiger charge is 2.13. The van der Waals surface area contributed by atoms with Crippen molar-refractivity contribution in [1.82, 2.24) is 24.6 Å². The fourth-order valence-corrected chi connectivity index (χ4v) is 1.94. The summed E-state index contributed by atoms with van der Waals surface area (Å²) >= 11 is 0. The Morgan fingerprint density at radius 3 is 2.68 bits per heavy atom. The maximum Gasteiger partial charge on any atom is 0.349 e. The summed E-state index contributed by atoms with van der Waals surface area (Å²) in [5.41, 5.74) is 2.03. The smallest absolute Gasteiger partial charge is 0.265 e. The van der Waals surface area contributed by atoms with Crippen LogP contribution in [-0.4, -0.2) is 24.6 Å². The highest BCUT2D eigenvalue weighted by molar-refractivity contribution is 5.59. The molecule has 6 heteroatoms. The minimum Gasteiger partial charge on any atom is -0.265 e. The summed E-state index contributed by atoms with van der Waals surface area (Å²) in [6.07, 6.45) is 3.35. The van der Waals surface area contributed by atoms with Crippen LogP contribution in [0.3, 0.4) is 0 Å². The maximum atomic E-state index is 11.8. The summed E-state index contributed by atoms with van der Waals surface area (Å²) in [5.74, 6) is 0.847. The zero-order valence-corrected chi connectivity index (χ0v) is 10.7. The number of nitrogens with one attached hydrogen (secondary N) is 1. The van der Waals surface area contributed by atoms with Gasteiger partial charge in [-0.15, -0.1) is 0 Å². The standard InChI is InChI=1S/C13H13N5O/c1-8(2)10-7-11-16-17-13(19)18(11)12(15-10)9-3-5-14-6-4-9/h3-8H,1-2H3,(H,17,19). The minimum absolute atomic E-state index is 0.261. The quantitative estimate of drug-likeness (QED) is 0.754. The monoisotopic (exact) mass is 255 g/mol. The predicted molar refractivity (Wildman–Crippen MR) is 70.9 cm³/mol. The minimum atomic E-state index is -0.287. The lowest BCUT2D eigenvalue weighted by atomic mass is 10.1. The van der Waals surface area contributed by atoms with Gasteiger partial charge in [-0.1, -0.05) is 13.8 Å². The number of hydrogen-bond donors (Lipinski definition) is 1. The zero-order chi connectivity index (χ0) is 13.4. The fraction of sp³-hybridized carbons (Fsp3) is 0.231. The summed E-state index contributed by atoms with van der Waals surface area (Å²) in [6, 6.07) is 5.48. The summed E-state index contributed by atoms with van der Waals surface area (Å²) in [4.78, 5) is 20.4. The molecule has 3 heterocycles. The van der Waals surface area contributed by atoms with Crippen LogP contribution in [0.25, 0.3) is 17.0 Å². The lowest BCUT2D eigenvalue weighted by molar-refractivity contribution is 0.813. The van der Waals surface area contributed by atoms with Crippen LogP contribution in [0.2, 0.25) is 0 Å². The van der Waals surface area contributed by atoms with Gasteiger partial charge in [-0.05, 0) is 18.1 Å². The molecule has 0 aliphatic rings. The summed E-state index contributed by atoms with van der Waals surface area (Å²) in [5, 5.41) is 6.47. The molecule has 0 spiro atoms. The van der Waals surface area contributed by atoms with Crippen LogP contribution in [0.1, 0.15) is 25.5 Å². The fourth-order valence-electron chi connectivity index (χ4n) is 1.94. The van der Waals surface area contributed by atoms with E-state index in [1.165, 1.54) is 4.40 Å². The van der Waals surface area contributed by atoms with Gasteiger partial charge in [0.15, 0.2) is 5.65 Å². The van der Waals surface area contributed by atoms with Crippen LogP contribution in [0, 0.1) is 0 Å². The third kappa shape index (κ3) is 1.91. The van der Waals surface area contributed by atoms with E-state index >= 15 is 0 Å². The Kier molecular flexibility index (Phi) is 2.63. The molecular formula is C13H13N5O. The highest BCUT2D eigenvalue weighted by Crippen LogP contribution is 2.20. The van der Waals surface area contributed by atoms with Crippen molar-refractivity contribution in [2.45, 2.75) is 19.8 Å². The van der Waals surface area contributed by atoms with Crippen LogP contribution < -0.4 is 5.69 Å². The molecule has 96 valence electrons. The average Bonchev–Trinajstić information content (AvgIpc) is 2.80. The summed E-state index contributed by atoms with van der Waals surface area (Å²) in [6.45, 7) is 4.11. The molecule has 1 N–H and O–H groups in total. The predicted octanol–water partition coefficient (Wildman–Crippen LogP) is 1.60. The topological polar surface area (TPSA) is 75.9 Å². The molecule has 0 aliphatic carbocycles. The van der Waals surface area contributed by atoms with Crippen molar-refractivity contribution < 1.29 is 0 Å². The number of hydrogen-bond acceptors (Lipinski definition) is 4. The Morgan fingerprint density at radius 1 is 1.26 bits per heavy atom. The third-order valence-corrected chi connectivity index (χ3v) is 2.95. The van der Waals surface area contributed by atoms with Gasteiger partial charge in [0.2, 0.25) is 0 Å². The SMILES string of the molecule is CC(C)c1cc2n[nH]c(=O)n2c(-c2ccncc2)n1. The van der Waals surface area contributed by atoms with Crippen LogP contribution in [0.15, 0.2) is 35.4 Å². The van der Waals surface area contributed by atoms with Gasteiger partial charge in [-0.3, -0.25) is 4.98 Å². The first-order valence-electron chi connectivity index (χ1n) is 6.05. The second kappa shape index (κ2) is 4.31. The van der Waals surface area contributed by atoms with Crippen molar-refractivity contribution >= 4 is 5.65 Å². The number of H-pyrrole nitrogens is 1. The van der Waals surface area contributed by atoms with Crippen molar-refractivity contribution in [1.29, 1.82) is 0 Å². The Labute approximate surface area is 109 Å². The molecule has 0 atom stereocenters. The largest absolute Gasteiger partial charge is 0.349 e. The highest BCUT2D eigenvalue weighted by atomic mass is 16.1. The summed E-state index contributed by atoms with van der Waals surface area (Å²) < 4.78 is 1.47. The molecular weight excluding hydrogens is 242 g/mol. The van der Waals surface area contributed by atoms with E-state index in [9.17, 15) is 4.79 Å². The Hall–Kier alpha value is -2.50. The number of pyridine rings is 1. The molecule has 0 radical (unpaired) electrons. The maximum absolute atomic E-state index is 11.8. The number of fused-ring (bicyclic) bond motifs is 1. The first kappa shape index (κ1) is 11.6. The van der Waals surface area contributed by atoms with Crippen molar-refractivity contribution in [2.75, 3.05) is 0 Å². The average molecular weight is 255 g/mol. The van der Waals surface area contributed by atoms with E-state index in [1.807, 2.05) is 18.2 Å². The van der Waals surface area contributed by atoms with Crippen molar-refractivity contribution in [2.24, 2.45) is 0 Å². The van der Waals surface area contributed by atoms with Gasteiger partial charge >= 0.3 is 5.69 Å². The van der Waals surface area contributed by atoms with Gasteiger partial charge in [-0.2, -0.15) is 5.10 Å². The number of nitrogens with zero attached hydrogens (tertiary/aromatic N) is 4. The molecule has 0 unspecified atom stereocenters. The molecule has 3 rings (SSSR count). The van der Waals surface area contributed by atoms with Gasteiger partial charge in [0.05, 0.1) is 0 Å². The van der Waals surface area contributed by atoms with Gasteiger partial charge in [-0.25, -0.2) is 19.3 Å². The van der Waals surface area contributed by atoms with Gasteiger partial charge in [0, 0.05) is 29.7 Å².